The number of ether oxygens (including phenoxy) is 5. The molecule has 4 aliphatic carbocycles. The van der Waals surface area contributed by atoms with E-state index in [4.69, 9.17) is 23.7 Å². The molecule has 3 heterocycles. The number of fused-ring (bicyclic) bond motifs is 5. The van der Waals surface area contributed by atoms with Gasteiger partial charge in [-0.1, -0.05) is 41.0 Å². The van der Waals surface area contributed by atoms with Crippen molar-refractivity contribution in [3.8, 4) is 0 Å². The van der Waals surface area contributed by atoms with Gasteiger partial charge in [0, 0.05) is 17.9 Å². The Kier molecular flexibility index (Phi) is 12.7. The van der Waals surface area contributed by atoms with E-state index in [0.717, 1.165) is 51.4 Å². The van der Waals surface area contributed by atoms with Gasteiger partial charge in [-0.2, -0.15) is 0 Å². The van der Waals surface area contributed by atoms with E-state index >= 15 is 0 Å². The van der Waals surface area contributed by atoms with Crippen molar-refractivity contribution in [2.24, 2.45) is 50.7 Å². The molecule has 15 nitrogen and oxygen atoms in total. The first-order valence-electron chi connectivity index (χ1n) is 21.7. The van der Waals surface area contributed by atoms with E-state index in [9.17, 15) is 51.1 Å². The lowest BCUT2D eigenvalue weighted by Crippen LogP contribution is -2.69. The van der Waals surface area contributed by atoms with Crippen LogP contribution in [0.2, 0.25) is 0 Å². The molecule has 15 heteroatoms. The highest BCUT2D eigenvalue weighted by Crippen LogP contribution is 2.75. The molecule has 1 unspecified atom stereocenters. The van der Waals surface area contributed by atoms with Gasteiger partial charge in [0.1, 0.15) is 48.8 Å². The topological polar surface area (TPSA) is 248 Å². The van der Waals surface area contributed by atoms with Crippen molar-refractivity contribution < 1.29 is 74.7 Å². The zero-order valence-electron chi connectivity index (χ0n) is 34.4. The van der Waals surface area contributed by atoms with E-state index < -0.39 is 92.4 Å². The summed E-state index contributed by atoms with van der Waals surface area (Å²) in [5.41, 5.74) is -1.51. The van der Waals surface area contributed by atoms with Gasteiger partial charge in [0.25, 0.3) is 0 Å². The maximum Gasteiger partial charge on any atom is 0.189 e. The highest BCUT2D eigenvalue weighted by Gasteiger charge is 2.71. The van der Waals surface area contributed by atoms with Gasteiger partial charge in [-0.05, 0) is 104 Å². The van der Waals surface area contributed by atoms with Crippen LogP contribution in [0.3, 0.4) is 0 Å². The van der Waals surface area contributed by atoms with Crippen LogP contribution in [0.4, 0.5) is 0 Å². The molecule has 0 aromatic heterocycles. The van der Waals surface area contributed by atoms with Crippen molar-refractivity contribution >= 4 is 0 Å². The average molecular weight is 817 g/mol. The number of hydrogen-bond donors (Lipinski definition) is 10. The van der Waals surface area contributed by atoms with Crippen LogP contribution in [0.25, 0.3) is 0 Å². The van der Waals surface area contributed by atoms with Gasteiger partial charge in [-0.25, -0.2) is 0 Å². The summed E-state index contributed by atoms with van der Waals surface area (Å²) in [7, 11) is 0. The maximum absolute atomic E-state index is 12.8. The molecule has 7 rings (SSSR count). The van der Waals surface area contributed by atoms with E-state index in [-0.39, 0.29) is 46.2 Å². The lowest BCUT2D eigenvalue weighted by molar-refractivity contribution is -0.388. The van der Waals surface area contributed by atoms with Crippen molar-refractivity contribution in [2.75, 3.05) is 26.4 Å². The molecule has 330 valence electrons. The van der Waals surface area contributed by atoms with Gasteiger partial charge < -0.3 is 74.7 Å². The second kappa shape index (κ2) is 16.3. The second-order valence-electron chi connectivity index (χ2n) is 20.4. The van der Waals surface area contributed by atoms with Crippen LogP contribution in [-0.4, -0.2) is 157 Å². The van der Waals surface area contributed by atoms with Gasteiger partial charge >= 0.3 is 0 Å². The minimum Gasteiger partial charge on any atom is -0.396 e. The van der Waals surface area contributed by atoms with Crippen molar-refractivity contribution in [1.29, 1.82) is 0 Å². The third kappa shape index (κ3) is 6.98. The van der Waals surface area contributed by atoms with E-state index in [1.165, 1.54) is 0 Å². The van der Waals surface area contributed by atoms with Gasteiger partial charge in [0.15, 0.2) is 18.9 Å². The highest BCUT2D eigenvalue weighted by atomic mass is 16.8. The Balaban J connectivity index is 1.12. The summed E-state index contributed by atoms with van der Waals surface area (Å²) >= 11 is 0. The summed E-state index contributed by atoms with van der Waals surface area (Å²) in [5, 5.41) is 106. The quantitative estimate of drug-likeness (QED) is 0.153. The fourth-order valence-corrected chi connectivity index (χ4v) is 14.0. The maximum atomic E-state index is 12.8. The Morgan fingerprint density at radius 1 is 0.614 bits per heavy atom. The van der Waals surface area contributed by atoms with Crippen LogP contribution in [0, 0.1) is 50.7 Å². The average Bonchev–Trinajstić information content (AvgIpc) is 3.19. The molecule has 10 N–H and O–H groups in total. The van der Waals surface area contributed by atoms with Gasteiger partial charge in [-0.15, -0.1) is 0 Å². The van der Waals surface area contributed by atoms with Crippen LogP contribution in [0.5, 0.6) is 0 Å². The first-order valence-corrected chi connectivity index (χ1v) is 21.7. The van der Waals surface area contributed by atoms with Crippen LogP contribution in [0.15, 0.2) is 0 Å². The molecule has 0 aromatic carbocycles. The Morgan fingerprint density at radius 3 is 1.88 bits per heavy atom. The van der Waals surface area contributed by atoms with Gasteiger partial charge in [-0.3, -0.25) is 0 Å². The predicted molar refractivity (Wildman–Crippen MR) is 202 cm³/mol. The Morgan fingerprint density at radius 2 is 1.25 bits per heavy atom. The Labute approximate surface area is 336 Å². The van der Waals surface area contributed by atoms with Crippen molar-refractivity contribution in [3.63, 3.8) is 0 Å². The predicted octanol–water partition coefficient (Wildman–Crippen LogP) is 0.539. The molecule has 0 radical (unpaired) electrons. The standard InChI is InChI=1S/C42H72O15/c1-21(17-43)23-9-14-42(37(56-23)57-36-33(51)31(49)29(47)25(19-45)55-36)16-15-40(4)22(34(42)52)7-8-27-39(3)12-6-11-38(2,26(39)10-13-41(27,40)5)20-53-35-32(50)30(48)28(46)24(18-44)54-35/h21-37,43-52H,6-20H2,1-5H3/t21-,22+,23-,24+,25+,26-,27+,28+,29+,30-,31-,32+,33+,34+,35+,36+,37?,38-,39-,40+,41+,42+/m0/s1. The first-order chi connectivity index (χ1) is 26.9. The number of hydrogen-bond acceptors (Lipinski definition) is 15. The van der Waals surface area contributed by atoms with Gasteiger partial charge in [0.05, 0.1) is 32.0 Å². The fourth-order valence-electron chi connectivity index (χ4n) is 14.0. The largest absolute Gasteiger partial charge is 0.396 e. The van der Waals surface area contributed by atoms with Crippen LogP contribution >= 0.6 is 0 Å². The zero-order valence-corrected chi connectivity index (χ0v) is 34.4. The molecule has 57 heavy (non-hydrogen) atoms. The fraction of sp³-hybridized carbons (Fsp3) is 1.00. The summed E-state index contributed by atoms with van der Waals surface area (Å²) in [4.78, 5) is 0. The molecule has 7 aliphatic rings. The number of rotatable bonds is 9. The van der Waals surface area contributed by atoms with Crippen LogP contribution in [0.1, 0.15) is 105 Å². The van der Waals surface area contributed by atoms with Crippen molar-refractivity contribution in [2.45, 2.75) is 185 Å². The molecular weight excluding hydrogens is 744 g/mol. The van der Waals surface area contributed by atoms with E-state index in [1.54, 1.807) is 0 Å². The van der Waals surface area contributed by atoms with Gasteiger partial charge in [0.2, 0.25) is 0 Å². The summed E-state index contributed by atoms with van der Waals surface area (Å²) in [6.45, 7) is 10.5. The van der Waals surface area contributed by atoms with Crippen LogP contribution < -0.4 is 0 Å². The number of aliphatic hydroxyl groups excluding tert-OH is 10. The molecule has 7 fully saturated rings. The normalized spacial score (nSPS) is 56.1. The minimum absolute atomic E-state index is 0.0385. The van der Waals surface area contributed by atoms with Crippen molar-refractivity contribution in [1.82, 2.24) is 0 Å². The molecule has 0 aromatic rings. The lowest BCUT2D eigenvalue weighted by atomic mass is 9.33. The molecule has 22 atom stereocenters. The minimum atomic E-state index is -1.63. The molecule has 0 amide bonds. The SMILES string of the molecule is C[C@@H](CO)[C@@H]1CC[C@]2(CC[C@]3(C)[C@H](CC[C@@H]4[C@@]5(C)CCC[C@@](C)(CO[C@@H]6O[C@H](CO)[C@@H](O)[C@H](O)[C@H]6O)[C@@H]5CC[C@]43C)[C@H]2O)C(O[C@H]2O[C@H](CO)[C@@H](O)[C@H](O)[C@H]2O)O1. The zero-order chi connectivity index (χ0) is 41.5. The molecular formula is C42H72O15. The molecule has 4 saturated carbocycles. The van der Waals surface area contributed by atoms with E-state index in [0.29, 0.717) is 37.7 Å². The number of aliphatic hydroxyl groups is 10. The molecule has 0 bridgehead atoms. The third-order valence-electron chi connectivity index (χ3n) is 17.7. The molecule has 3 aliphatic heterocycles. The Bertz CT molecular complexity index is 1390. The second-order valence-corrected chi connectivity index (χ2v) is 20.4. The van der Waals surface area contributed by atoms with Crippen LogP contribution in [-0.2, 0) is 23.7 Å². The summed E-state index contributed by atoms with van der Waals surface area (Å²) in [6.07, 6.45) is -7.09. The summed E-state index contributed by atoms with van der Waals surface area (Å²) in [5.74, 6) is 0.351. The lowest BCUT2D eigenvalue weighted by Gasteiger charge is -2.72. The van der Waals surface area contributed by atoms with Crippen molar-refractivity contribution in [3.05, 3.63) is 0 Å². The highest BCUT2D eigenvalue weighted by molar-refractivity contribution is 5.19. The molecule has 3 saturated heterocycles. The third-order valence-corrected chi connectivity index (χ3v) is 17.7. The van der Waals surface area contributed by atoms with E-state index in [1.807, 2.05) is 6.92 Å². The molecule has 1 spiro atoms. The van der Waals surface area contributed by atoms with E-state index in [2.05, 4.69) is 27.7 Å². The summed E-state index contributed by atoms with van der Waals surface area (Å²) < 4.78 is 30.8. The smallest absolute Gasteiger partial charge is 0.189 e. The first kappa shape index (κ1) is 44.5. The monoisotopic (exact) mass is 816 g/mol. The Hall–Kier alpha value is -0.600. The summed E-state index contributed by atoms with van der Waals surface area (Å²) in [6, 6.07) is 0.